The molecule has 0 saturated carbocycles. The summed E-state index contributed by atoms with van der Waals surface area (Å²) in [5, 5.41) is 0. The van der Waals surface area contributed by atoms with Gasteiger partial charge in [0.15, 0.2) is 29.0 Å². The Hall–Kier alpha value is -2.30. The quantitative estimate of drug-likeness (QED) is 0.796. The van der Waals surface area contributed by atoms with E-state index in [-0.39, 0.29) is 11.3 Å². The third kappa shape index (κ3) is 2.31. The fourth-order valence-electron chi connectivity index (χ4n) is 1.72. The van der Waals surface area contributed by atoms with Gasteiger partial charge in [-0.05, 0) is 24.3 Å². The van der Waals surface area contributed by atoms with Crippen molar-refractivity contribution in [2.45, 2.75) is 0 Å². The number of rotatable bonds is 3. The molecule has 0 aromatic heterocycles. The molecule has 0 aliphatic rings. The van der Waals surface area contributed by atoms with E-state index in [4.69, 9.17) is 4.74 Å². The van der Waals surface area contributed by atoms with Gasteiger partial charge in [0, 0.05) is 0 Å². The Morgan fingerprint density at radius 1 is 0.947 bits per heavy atom. The molecule has 0 saturated heterocycles. The van der Waals surface area contributed by atoms with E-state index in [1.165, 1.54) is 25.3 Å². The monoisotopic (exact) mass is 266 g/mol. The minimum Gasteiger partial charge on any atom is -0.493 e. The fourth-order valence-corrected chi connectivity index (χ4v) is 1.72. The van der Waals surface area contributed by atoms with E-state index in [0.717, 1.165) is 18.2 Å². The Kier molecular flexibility index (Phi) is 3.55. The maximum absolute atomic E-state index is 13.5. The Morgan fingerprint density at radius 2 is 1.53 bits per heavy atom. The van der Waals surface area contributed by atoms with Crippen molar-refractivity contribution < 1.29 is 22.7 Å². The van der Waals surface area contributed by atoms with Gasteiger partial charge in [-0.15, -0.1) is 0 Å². The van der Waals surface area contributed by atoms with Gasteiger partial charge in [-0.1, -0.05) is 12.1 Å². The number of halogens is 3. The van der Waals surface area contributed by atoms with Gasteiger partial charge in [0.05, 0.1) is 18.2 Å². The maximum atomic E-state index is 13.5. The molecular weight excluding hydrogens is 257 g/mol. The second kappa shape index (κ2) is 5.14. The lowest BCUT2D eigenvalue weighted by Gasteiger charge is -2.09. The van der Waals surface area contributed by atoms with Crippen LogP contribution in [0.25, 0.3) is 0 Å². The molecule has 2 aromatic rings. The highest BCUT2D eigenvalue weighted by atomic mass is 19.2. The van der Waals surface area contributed by atoms with Crippen molar-refractivity contribution in [3.05, 3.63) is 65.0 Å². The zero-order valence-electron chi connectivity index (χ0n) is 9.91. The van der Waals surface area contributed by atoms with Crippen LogP contribution in [0.3, 0.4) is 0 Å². The first-order valence-corrected chi connectivity index (χ1v) is 5.37. The van der Waals surface area contributed by atoms with Crippen molar-refractivity contribution in [2.75, 3.05) is 7.11 Å². The van der Waals surface area contributed by atoms with E-state index >= 15 is 0 Å². The Labute approximate surface area is 107 Å². The second-order valence-electron chi connectivity index (χ2n) is 3.75. The average molecular weight is 266 g/mol. The first kappa shape index (κ1) is 13.1. The summed E-state index contributed by atoms with van der Waals surface area (Å²) in [6.45, 7) is 0. The summed E-state index contributed by atoms with van der Waals surface area (Å²) < 4.78 is 44.9. The van der Waals surface area contributed by atoms with Crippen LogP contribution in [0.5, 0.6) is 5.75 Å². The van der Waals surface area contributed by atoms with Gasteiger partial charge in [0.25, 0.3) is 0 Å². The van der Waals surface area contributed by atoms with E-state index < -0.39 is 28.8 Å². The minimum atomic E-state index is -1.26. The standard InChI is InChI=1S/C14H9F3O2/c1-19-14-9(5-3-7-11(14)16)13(18)8-4-2-6-10(15)12(8)17/h2-7H,1H3. The van der Waals surface area contributed by atoms with Crippen LogP contribution in [-0.2, 0) is 0 Å². The second-order valence-corrected chi connectivity index (χ2v) is 3.75. The summed E-state index contributed by atoms with van der Waals surface area (Å²) in [4.78, 5) is 12.1. The SMILES string of the molecule is COc1c(F)cccc1C(=O)c1cccc(F)c1F. The molecule has 2 rings (SSSR count). The molecule has 0 aliphatic carbocycles. The Bertz CT molecular complexity index is 639. The summed E-state index contributed by atoms with van der Waals surface area (Å²) in [6.07, 6.45) is 0. The summed E-state index contributed by atoms with van der Waals surface area (Å²) in [5.41, 5.74) is -0.629. The summed E-state index contributed by atoms with van der Waals surface area (Å²) >= 11 is 0. The van der Waals surface area contributed by atoms with Crippen molar-refractivity contribution in [1.82, 2.24) is 0 Å². The van der Waals surface area contributed by atoms with E-state index in [1.54, 1.807) is 0 Å². The molecule has 0 N–H and O–H groups in total. The number of benzene rings is 2. The number of ketones is 1. The zero-order valence-corrected chi connectivity index (χ0v) is 9.91. The molecule has 0 aliphatic heterocycles. The smallest absolute Gasteiger partial charge is 0.199 e. The molecule has 0 radical (unpaired) electrons. The molecule has 2 aromatic carbocycles. The van der Waals surface area contributed by atoms with Crippen LogP contribution >= 0.6 is 0 Å². The number of carbonyl (C=O) groups is 1. The van der Waals surface area contributed by atoms with E-state index in [2.05, 4.69) is 0 Å². The molecule has 0 fully saturated rings. The Balaban J connectivity index is 2.57. The molecule has 5 heteroatoms. The van der Waals surface area contributed by atoms with Crippen LogP contribution in [0.4, 0.5) is 13.2 Å². The van der Waals surface area contributed by atoms with Crippen LogP contribution in [0.2, 0.25) is 0 Å². The van der Waals surface area contributed by atoms with Crippen LogP contribution in [0, 0.1) is 17.5 Å². The first-order valence-electron chi connectivity index (χ1n) is 5.37. The number of para-hydroxylation sites is 1. The Morgan fingerprint density at radius 3 is 2.16 bits per heavy atom. The predicted molar refractivity (Wildman–Crippen MR) is 62.7 cm³/mol. The number of methoxy groups -OCH3 is 1. The lowest BCUT2D eigenvalue weighted by molar-refractivity contribution is 0.103. The van der Waals surface area contributed by atoms with Gasteiger partial charge < -0.3 is 4.74 Å². The molecular formula is C14H9F3O2. The zero-order chi connectivity index (χ0) is 14.0. The van der Waals surface area contributed by atoms with Crippen LogP contribution in [-0.4, -0.2) is 12.9 Å². The molecule has 98 valence electrons. The van der Waals surface area contributed by atoms with Crippen molar-refractivity contribution in [3.63, 3.8) is 0 Å². The van der Waals surface area contributed by atoms with Crippen molar-refractivity contribution in [1.29, 1.82) is 0 Å². The summed E-state index contributed by atoms with van der Waals surface area (Å²) in [7, 11) is 1.19. The van der Waals surface area contributed by atoms with E-state index in [1.807, 2.05) is 0 Å². The number of hydrogen-bond donors (Lipinski definition) is 0. The van der Waals surface area contributed by atoms with Crippen molar-refractivity contribution >= 4 is 5.78 Å². The third-order valence-corrected chi connectivity index (χ3v) is 2.61. The van der Waals surface area contributed by atoms with Gasteiger partial charge in [0.2, 0.25) is 0 Å². The van der Waals surface area contributed by atoms with Gasteiger partial charge >= 0.3 is 0 Å². The lowest BCUT2D eigenvalue weighted by atomic mass is 10.0. The van der Waals surface area contributed by atoms with E-state index in [0.29, 0.717) is 0 Å². The van der Waals surface area contributed by atoms with Gasteiger partial charge in [-0.25, -0.2) is 13.2 Å². The predicted octanol–water partition coefficient (Wildman–Crippen LogP) is 3.34. The van der Waals surface area contributed by atoms with Gasteiger partial charge in [-0.3, -0.25) is 4.79 Å². The molecule has 19 heavy (non-hydrogen) atoms. The normalized spacial score (nSPS) is 10.3. The molecule has 0 bridgehead atoms. The summed E-state index contributed by atoms with van der Waals surface area (Å²) in [6, 6.07) is 6.92. The summed E-state index contributed by atoms with van der Waals surface area (Å²) in [5.74, 6) is -4.28. The maximum Gasteiger partial charge on any atom is 0.199 e. The minimum absolute atomic E-state index is 0.160. The van der Waals surface area contributed by atoms with Crippen LogP contribution in [0.15, 0.2) is 36.4 Å². The average Bonchev–Trinajstić information content (AvgIpc) is 2.41. The first-order chi connectivity index (χ1) is 9.06. The van der Waals surface area contributed by atoms with Crippen LogP contribution in [0.1, 0.15) is 15.9 Å². The largest absolute Gasteiger partial charge is 0.493 e. The highest BCUT2D eigenvalue weighted by molar-refractivity contribution is 6.10. The molecule has 0 atom stereocenters. The topological polar surface area (TPSA) is 26.3 Å². The molecule has 0 unspecified atom stereocenters. The van der Waals surface area contributed by atoms with Crippen molar-refractivity contribution in [3.8, 4) is 5.75 Å². The third-order valence-electron chi connectivity index (χ3n) is 2.61. The number of ether oxygens (including phenoxy) is 1. The van der Waals surface area contributed by atoms with E-state index in [9.17, 15) is 18.0 Å². The van der Waals surface area contributed by atoms with Gasteiger partial charge in [0.1, 0.15) is 0 Å². The number of carbonyl (C=O) groups excluding carboxylic acids is 1. The molecule has 0 heterocycles. The van der Waals surface area contributed by atoms with Crippen LogP contribution < -0.4 is 4.74 Å². The fraction of sp³-hybridized carbons (Fsp3) is 0.0714. The highest BCUT2D eigenvalue weighted by Crippen LogP contribution is 2.26. The highest BCUT2D eigenvalue weighted by Gasteiger charge is 2.21. The molecule has 0 amide bonds. The van der Waals surface area contributed by atoms with Crippen molar-refractivity contribution in [2.24, 2.45) is 0 Å². The molecule has 2 nitrogen and oxygen atoms in total. The lowest BCUT2D eigenvalue weighted by Crippen LogP contribution is -2.08. The molecule has 0 spiro atoms. The number of hydrogen-bond acceptors (Lipinski definition) is 2. The van der Waals surface area contributed by atoms with Gasteiger partial charge in [-0.2, -0.15) is 0 Å².